The number of nitrogens with zero attached hydrogens (tertiary/aromatic N) is 2. The first kappa shape index (κ1) is 17.1. The fourth-order valence-electron chi connectivity index (χ4n) is 2.92. The SMILES string of the molecule is CC(=O)NCCc1csc([C@@H]2CCCN(C(=O)c3ccsc3)C2)n1. The topological polar surface area (TPSA) is 62.3 Å². The molecule has 1 saturated heterocycles. The minimum absolute atomic E-state index is 0.0136. The van der Waals surface area contributed by atoms with Gasteiger partial charge in [0.2, 0.25) is 5.91 Å². The molecule has 3 heterocycles. The Balaban J connectivity index is 1.59. The van der Waals surface area contributed by atoms with Crippen LogP contribution in [0.1, 0.15) is 46.7 Å². The highest BCUT2D eigenvalue weighted by atomic mass is 32.1. The predicted octanol–water partition coefficient (Wildman–Crippen LogP) is 2.90. The molecule has 128 valence electrons. The van der Waals surface area contributed by atoms with Gasteiger partial charge in [-0.25, -0.2) is 4.98 Å². The highest BCUT2D eigenvalue weighted by Crippen LogP contribution is 2.30. The normalized spacial score (nSPS) is 17.7. The van der Waals surface area contributed by atoms with Gasteiger partial charge in [0.25, 0.3) is 5.91 Å². The van der Waals surface area contributed by atoms with Gasteiger partial charge in [-0.05, 0) is 24.3 Å². The number of hydrogen-bond donors (Lipinski definition) is 1. The van der Waals surface area contributed by atoms with E-state index in [-0.39, 0.29) is 11.8 Å². The maximum absolute atomic E-state index is 12.5. The molecular formula is C17H21N3O2S2. The molecule has 0 spiro atoms. The number of carbonyl (C=O) groups is 2. The van der Waals surface area contributed by atoms with Crippen LogP contribution in [0.5, 0.6) is 0 Å². The quantitative estimate of drug-likeness (QED) is 0.888. The maximum atomic E-state index is 12.5. The van der Waals surface area contributed by atoms with Gasteiger partial charge in [0.15, 0.2) is 0 Å². The van der Waals surface area contributed by atoms with Crippen LogP contribution in [0.3, 0.4) is 0 Å². The van der Waals surface area contributed by atoms with Crippen LogP contribution in [-0.2, 0) is 11.2 Å². The van der Waals surface area contributed by atoms with Crippen molar-refractivity contribution in [3.8, 4) is 0 Å². The van der Waals surface area contributed by atoms with Crippen LogP contribution in [0.15, 0.2) is 22.2 Å². The Hall–Kier alpha value is -1.73. The van der Waals surface area contributed by atoms with E-state index in [9.17, 15) is 9.59 Å². The van der Waals surface area contributed by atoms with Gasteiger partial charge in [-0.15, -0.1) is 11.3 Å². The van der Waals surface area contributed by atoms with Crippen LogP contribution in [0, 0.1) is 0 Å². The average Bonchev–Trinajstić information content (AvgIpc) is 3.26. The molecule has 2 aromatic heterocycles. The Bertz CT molecular complexity index is 697. The van der Waals surface area contributed by atoms with E-state index >= 15 is 0 Å². The lowest BCUT2D eigenvalue weighted by Gasteiger charge is -2.31. The standard InChI is InChI=1S/C17H21N3O2S2/c1-12(21)18-6-4-15-11-24-16(19-15)13-3-2-7-20(9-13)17(22)14-5-8-23-10-14/h5,8,10-11,13H,2-4,6-7,9H2,1H3,(H,18,21)/t13-/m1/s1. The average molecular weight is 364 g/mol. The molecule has 1 N–H and O–H groups in total. The smallest absolute Gasteiger partial charge is 0.254 e. The van der Waals surface area contributed by atoms with Gasteiger partial charge in [0.1, 0.15) is 0 Å². The van der Waals surface area contributed by atoms with E-state index in [1.165, 1.54) is 6.92 Å². The second kappa shape index (κ2) is 7.90. The highest BCUT2D eigenvalue weighted by Gasteiger charge is 2.27. The molecule has 0 bridgehead atoms. The zero-order valence-corrected chi connectivity index (χ0v) is 15.3. The molecule has 0 radical (unpaired) electrons. The van der Waals surface area contributed by atoms with Crippen LogP contribution in [0.25, 0.3) is 0 Å². The zero-order valence-electron chi connectivity index (χ0n) is 13.7. The van der Waals surface area contributed by atoms with Crippen LogP contribution in [0.2, 0.25) is 0 Å². The van der Waals surface area contributed by atoms with Crippen molar-refractivity contribution in [3.05, 3.63) is 38.5 Å². The predicted molar refractivity (Wildman–Crippen MR) is 96.7 cm³/mol. The second-order valence-electron chi connectivity index (χ2n) is 6.01. The molecule has 0 unspecified atom stereocenters. The summed E-state index contributed by atoms with van der Waals surface area (Å²) < 4.78 is 0. The molecule has 0 saturated carbocycles. The number of carbonyl (C=O) groups excluding carboxylic acids is 2. The lowest BCUT2D eigenvalue weighted by Crippen LogP contribution is -2.38. The van der Waals surface area contributed by atoms with E-state index in [2.05, 4.69) is 10.7 Å². The molecule has 5 nitrogen and oxygen atoms in total. The summed E-state index contributed by atoms with van der Waals surface area (Å²) in [6.07, 6.45) is 2.84. The molecule has 1 fully saturated rings. The van der Waals surface area contributed by atoms with Crippen molar-refractivity contribution in [2.45, 2.75) is 32.1 Å². The first-order chi connectivity index (χ1) is 11.6. The molecule has 0 aliphatic carbocycles. The van der Waals surface area contributed by atoms with Crippen molar-refractivity contribution in [2.24, 2.45) is 0 Å². The summed E-state index contributed by atoms with van der Waals surface area (Å²) in [5.74, 6) is 0.435. The largest absolute Gasteiger partial charge is 0.356 e. The van der Waals surface area contributed by atoms with Crippen LogP contribution in [-0.4, -0.2) is 41.3 Å². The van der Waals surface area contributed by atoms with Crippen molar-refractivity contribution in [1.29, 1.82) is 0 Å². The number of hydrogen-bond acceptors (Lipinski definition) is 5. The summed E-state index contributed by atoms with van der Waals surface area (Å²) in [6.45, 7) is 3.71. The monoisotopic (exact) mass is 363 g/mol. The number of likely N-dealkylation sites (tertiary alicyclic amines) is 1. The Morgan fingerprint density at radius 1 is 1.42 bits per heavy atom. The van der Waals surface area contributed by atoms with Gasteiger partial charge in [0, 0.05) is 49.7 Å². The van der Waals surface area contributed by atoms with Crippen LogP contribution >= 0.6 is 22.7 Å². The van der Waals surface area contributed by atoms with E-state index in [1.54, 1.807) is 22.7 Å². The molecular weight excluding hydrogens is 342 g/mol. The summed E-state index contributed by atoms with van der Waals surface area (Å²) in [6, 6.07) is 1.89. The summed E-state index contributed by atoms with van der Waals surface area (Å²) in [5, 5.41) is 9.82. The molecule has 24 heavy (non-hydrogen) atoms. The third kappa shape index (κ3) is 4.21. The van der Waals surface area contributed by atoms with Crippen LogP contribution in [0.4, 0.5) is 0 Å². The second-order valence-corrected chi connectivity index (χ2v) is 7.68. The highest BCUT2D eigenvalue weighted by molar-refractivity contribution is 7.09. The summed E-state index contributed by atoms with van der Waals surface area (Å²) in [7, 11) is 0. The molecule has 2 amide bonds. The van der Waals surface area contributed by atoms with Crippen molar-refractivity contribution in [2.75, 3.05) is 19.6 Å². The Morgan fingerprint density at radius 3 is 3.04 bits per heavy atom. The first-order valence-electron chi connectivity index (χ1n) is 8.13. The lowest BCUT2D eigenvalue weighted by molar-refractivity contribution is -0.118. The number of rotatable bonds is 5. The first-order valence-corrected chi connectivity index (χ1v) is 9.96. The lowest BCUT2D eigenvalue weighted by atomic mass is 9.98. The molecule has 1 aliphatic heterocycles. The summed E-state index contributed by atoms with van der Waals surface area (Å²) in [4.78, 5) is 30.1. The third-order valence-electron chi connectivity index (χ3n) is 4.15. The van der Waals surface area contributed by atoms with Crippen molar-refractivity contribution < 1.29 is 9.59 Å². The van der Waals surface area contributed by atoms with Crippen molar-refractivity contribution >= 4 is 34.5 Å². The summed E-state index contributed by atoms with van der Waals surface area (Å²) in [5.41, 5.74) is 1.81. The minimum Gasteiger partial charge on any atom is -0.356 e. The molecule has 1 atom stereocenters. The Morgan fingerprint density at radius 2 is 2.29 bits per heavy atom. The number of aromatic nitrogens is 1. The minimum atomic E-state index is -0.0136. The maximum Gasteiger partial charge on any atom is 0.254 e. The molecule has 2 aromatic rings. The van der Waals surface area contributed by atoms with Gasteiger partial charge in [0.05, 0.1) is 16.3 Å². The van der Waals surface area contributed by atoms with Gasteiger partial charge >= 0.3 is 0 Å². The van der Waals surface area contributed by atoms with Gasteiger partial charge in [-0.3, -0.25) is 9.59 Å². The van der Waals surface area contributed by atoms with E-state index in [4.69, 9.17) is 4.98 Å². The van der Waals surface area contributed by atoms with Gasteiger partial charge in [-0.2, -0.15) is 11.3 Å². The number of nitrogens with one attached hydrogen (secondary N) is 1. The van der Waals surface area contributed by atoms with Crippen LogP contribution < -0.4 is 5.32 Å². The Kier molecular flexibility index (Phi) is 5.63. The van der Waals surface area contributed by atoms with Crippen molar-refractivity contribution in [3.63, 3.8) is 0 Å². The number of thiophene rings is 1. The van der Waals surface area contributed by atoms with Gasteiger partial charge in [-0.1, -0.05) is 0 Å². The molecule has 1 aliphatic rings. The van der Waals surface area contributed by atoms with E-state index in [0.29, 0.717) is 12.5 Å². The van der Waals surface area contributed by atoms with Crippen molar-refractivity contribution in [1.82, 2.24) is 15.2 Å². The van der Waals surface area contributed by atoms with E-state index < -0.39 is 0 Å². The fourth-order valence-corrected chi connectivity index (χ4v) is 4.54. The van der Waals surface area contributed by atoms with E-state index in [0.717, 1.165) is 48.6 Å². The molecule has 3 rings (SSSR count). The van der Waals surface area contributed by atoms with E-state index in [1.807, 2.05) is 21.7 Å². The number of thiazole rings is 1. The number of amides is 2. The third-order valence-corrected chi connectivity index (χ3v) is 5.89. The molecule has 7 heteroatoms. The zero-order chi connectivity index (χ0) is 16.9. The summed E-state index contributed by atoms with van der Waals surface area (Å²) >= 11 is 3.22. The fraction of sp³-hybridized carbons (Fsp3) is 0.471. The molecule has 0 aromatic carbocycles. The Labute approximate surface area is 149 Å². The number of piperidine rings is 1. The van der Waals surface area contributed by atoms with Gasteiger partial charge < -0.3 is 10.2 Å².